The second-order valence-corrected chi connectivity index (χ2v) is 4.22. The second kappa shape index (κ2) is 5.33. The van der Waals surface area contributed by atoms with Crippen LogP contribution < -0.4 is 10.5 Å². The molecule has 0 radical (unpaired) electrons. The molecule has 2 aromatic rings. The number of ether oxygens (including phenoxy) is 1. The molecule has 0 saturated heterocycles. The van der Waals surface area contributed by atoms with Crippen LogP contribution in [0.1, 0.15) is 21.5 Å². The minimum Gasteiger partial charge on any atom is -0.478 e. The summed E-state index contributed by atoms with van der Waals surface area (Å²) in [6.07, 6.45) is 0. The number of carbonyl (C=O) groups is 1. The number of nitrogens with two attached hydrogens (primary N) is 1. The molecule has 5 nitrogen and oxygen atoms in total. The zero-order valence-electron chi connectivity index (χ0n) is 10.8. The predicted octanol–water partition coefficient (Wildman–Crippen LogP) is 2.94. The van der Waals surface area contributed by atoms with E-state index in [0.717, 1.165) is 0 Å². The number of benzene rings is 2. The van der Waals surface area contributed by atoms with Crippen LogP contribution in [0.3, 0.4) is 0 Å². The average molecular weight is 268 g/mol. The third-order valence-corrected chi connectivity index (χ3v) is 2.83. The lowest BCUT2D eigenvalue weighted by atomic mass is 10.1. The molecule has 20 heavy (non-hydrogen) atoms. The molecule has 2 aromatic carbocycles. The highest BCUT2D eigenvalue weighted by Gasteiger charge is 2.13. The first-order valence-electron chi connectivity index (χ1n) is 5.83. The maximum atomic E-state index is 11.1. The number of hydrogen-bond acceptors (Lipinski definition) is 4. The Morgan fingerprint density at radius 1 is 1.35 bits per heavy atom. The molecule has 5 heteroatoms. The minimum atomic E-state index is -1.12. The van der Waals surface area contributed by atoms with Crippen molar-refractivity contribution >= 4 is 11.7 Å². The molecule has 0 aliphatic heterocycles. The van der Waals surface area contributed by atoms with Crippen LogP contribution in [0.2, 0.25) is 0 Å². The van der Waals surface area contributed by atoms with E-state index in [-0.39, 0.29) is 11.3 Å². The molecule has 0 aromatic heterocycles. The Balaban J connectivity index is 2.45. The SMILES string of the molecule is Cc1cc(Oc2ccccc2C#N)cc(C(=O)O)c1N. The lowest BCUT2D eigenvalue weighted by Gasteiger charge is -2.11. The van der Waals surface area contributed by atoms with Crippen LogP contribution in [0.25, 0.3) is 0 Å². The minimum absolute atomic E-state index is 0.0190. The lowest BCUT2D eigenvalue weighted by molar-refractivity contribution is 0.0697. The summed E-state index contributed by atoms with van der Waals surface area (Å²) < 4.78 is 5.59. The van der Waals surface area contributed by atoms with Gasteiger partial charge in [0.1, 0.15) is 17.6 Å². The van der Waals surface area contributed by atoms with Crippen molar-refractivity contribution in [3.05, 3.63) is 53.1 Å². The Morgan fingerprint density at radius 3 is 2.70 bits per heavy atom. The normalized spacial score (nSPS) is 9.80. The third-order valence-electron chi connectivity index (χ3n) is 2.83. The Labute approximate surface area is 115 Å². The summed E-state index contributed by atoms with van der Waals surface area (Å²) in [5.41, 5.74) is 6.88. The van der Waals surface area contributed by atoms with Gasteiger partial charge in [0.2, 0.25) is 0 Å². The van der Waals surface area contributed by atoms with Crippen molar-refractivity contribution in [3.63, 3.8) is 0 Å². The van der Waals surface area contributed by atoms with Crippen LogP contribution in [-0.4, -0.2) is 11.1 Å². The third kappa shape index (κ3) is 2.54. The molecule has 0 unspecified atom stereocenters. The summed E-state index contributed by atoms with van der Waals surface area (Å²) in [7, 11) is 0. The van der Waals surface area contributed by atoms with Crippen molar-refractivity contribution in [2.75, 3.05) is 5.73 Å². The molecule has 0 aliphatic carbocycles. The van der Waals surface area contributed by atoms with Crippen LogP contribution in [0.15, 0.2) is 36.4 Å². The fourth-order valence-electron chi connectivity index (χ4n) is 1.78. The van der Waals surface area contributed by atoms with Gasteiger partial charge in [0, 0.05) is 5.69 Å². The number of nitriles is 1. The quantitative estimate of drug-likeness (QED) is 0.834. The van der Waals surface area contributed by atoms with Crippen molar-refractivity contribution < 1.29 is 14.6 Å². The fourth-order valence-corrected chi connectivity index (χ4v) is 1.78. The molecular formula is C15H12N2O3. The largest absolute Gasteiger partial charge is 0.478 e. The van der Waals surface area contributed by atoms with Crippen LogP contribution in [0.5, 0.6) is 11.5 Å². The molecule has 0 spiro atoms. The van der Waals surface area contributed by atoms with Crippen LogP contribution in [-0.2, 0) is 0 Å². The number of para-hydroxylation sites is 1. The Hall–Kier alpha value is -3.00. The second-order valence-electron chi connectivity index (χ2n) is 4.22. The van der Waals surface area contributed by atoms with Gasteiger partial charge < -0.3 is 15.6 Å². The van der Waals surface area contributed by atoms with E-state index >= 15 is 0 Å². The van der Waals surface area contributed by atoms with Gasteiger partial charge >= 0.3 is 5.97 Å². The lowest BCUT2D eigenvalue weighted by Crippen LogP contribution is -2.04. The molecule has 0 bridgehead atoms. The van der Waals surface area contributed by atoms with Gasteiger partial charge in [-0.1, -0.05) is 12.1 Å². The smallest absolute Gasteiger partial charge is 0.337 e. The molecular weight excluding hydrogens is 256 g/mol. The van der Waals surface area contributed by atoms with Gasteiger partial charge in [-0.2, -0.15) is 5.26 Å². The highest BCUT2D eigenvalue weighted by atomic mass is 16.5. The van der Waals surface area contributed by atoms with Crippen molar-refractivity contribution in [1.29, 1.82) is 5.26 Å². The molecule has 2 rings (SSSR count). The van der Waals surface area contributed by atoms with Gasteiger partial charge in [0.05, 0.1) is 11.1 Å². The van der Waals surface area contributed by atoms with E-state index in [1.807, 2.05) is 6.07 Å². The van der Waals surface area contributed by atoms with Gasteiger partial charge in [-0.15, -0.1) is 0 Å². The summed E-state index contributed by atoms with van der Waals surface area (Å²) >= 11 is 0. The topological polar surface area (TPSA) is 96.3 Å². The predicted molar refractivity (Wildman–Crippen MR) is 73.8 cm³/mol. The molecule has 0 fully saturated rings. The number of aryl methyl sites for hydroxylation is 1. The molecule has 0 heterocycles. The zero-order valence-corrected chi connectivity index (χ0v) is 10.8. The summed E-state index contributed by atoms with van der Waals surface area (Å²) in [4.78, 5) is 11.1. The highest BCUT2D eigenvalue weighted by Crippen LogP contribution is 2.29. The molecule has 100 valence electrons. The number of carboxylic acids is 1. The number of hydrogen-bond donors (Lipinski definition) is 2. The van der Waals surface area contributed by atoms with E-state index < -0.39 is 5.97 Å². The van der Waals surface area contributed by atoms with Crippen molar-refractivity contribution in [3.8, 4) is 17.6 Å². The number of nitrogens with zero attached hydrogens (tertiary/aromatic N) is 1. The van der Waals surface area contributed by atoms with E-state index in [2.05, 4.69) is 0 Å². The first-order chi connectivity index (χ1) is 9.52. The van der Waals surface area contributed by atoms with Gasteiger partial charge in [-0.05, 0) is 36.8 Å². The summed E-state index contributed by atoms with van der Waals surface area (Å²) in [5, 5.41) is 18.1. The molecule has 0 aliphatic rings. The molecule has 0 amide bonds. The van der Waals surface area contributed by atoms with Gasteiger partial charge in [0.15, 0.2) is 0 Å². The molecule has 0 atom stereocenters. The van der Waals surface area contributed by atoms with E-state index in [1.165, 1.54) is 6.07 Å². The fraction of sp³-hybridized carbons (Fsp3) is 0.0667. The standard InChI is InChI=1S/C15H12N2O3/c1-9-6-11(7-12(14(9)17)15(18)19)20-13-5-3-2-4-10(13)8-16/h2-7H,17H2,1H3,(H,18,19). The van der Waals surface area contributed by atoms with Gasteiger partial charge in [-0.3, -0.25) is 0 Å². The number of nitrogen functional groups attached to an aromatic ring is 1. The van der Waals surface area contributed by atoms with Crippen molar-refractivity contribution in [2.24, 2.45) is 0 Å². The van der Waals surface area contributed by atoms with Crippen LogP contribution in [0.4, 0.5) is 5.69 Å². The van der Waals surface area contributed by atoms with E-state index in [1.54, 1.807) is 37.3 Å². The summed E-state index contributed by atoms with van der Waals surface area (Å²) in [6, 6.07) is 11.7. The highest BCUT2D eigenvalue weighted by molar-refractivity contribution is 5.95. The Kier molecular flexibility index (Phi) is 3.58. The number of carboxylic acid groups (broad SMARTS) is 1. The summed E-state index contributed by atoms with van der Waals surface area (Å²) in [5.74, 6) is -0.420. The zero-order chi connectivity index (χ0) is 14.7. The van der Waals surface area contributed by atoms with Gasteiger partial charge in [0.25, 0.3) is 0 Å². The first-order valence-corrected chi connectivity index (χ1v) is 5.83. The van der Waals surface area contributed by atoms with Crippen LogP contribution in [0, 0.1) is 18.3 Å². The van der Waals surface area contributed by atoms with Crippen molar-refractivity contribution in [1.82, 2.24) is 0 Å². The van der Waals surface area contributed by atoms with Crippen LogP contribution >= 0.6 is 0 Å². The average Bonchev–Trinajstić information content (AvgIpc) is 2.43. The van der Waals surface area contributed by atoms with E-state index in [4.69, 9.17) is 20.8 Å². The van der Waals surface area contributed by atoms with E-state index in [0.29, 0.717) is 22.6 Å². The van der Waals surface area contributed by atoms with Crippen molar-refractivity contribution in [2.45, 2.75) is 6.92 Å². The number of anilines is 1. The Morgan fingerprint density at radius 2 is 2.05 bits per heavy atom. The number of rotatable bonds is 3. The Bertz CT molecular complexity index is 718. The number of aromatic carboxylic acids is 1. The van der Waals surface area contributed by atoms with Gasteiger partial charge in [-0.25, -0.2) is 4.79 Å². The molecule has 3 N–H and O–H groups in total. The summed E-state index contributed by atoms with van der Waals surface area (Å²) in [6.45, 7) is 1.70. The monoisotopic (exact) mass is 268 g/mol. The van der Waals surface area contributed by atoms with E-state index in [9.17, 15) is 4.79 Å². The first kappa shape index (κ1) is 13.4. The molecule has 0 saturated carbocycles. The maximum absolute atomic E-state index is 11.1. The maximum Gasteiger partial charge on any atom is 0.337 e.